The summed E-state index contributed by atoms with van der Waals surface area (Å²) in [7, 11) is 3.27. The van der Waals surface area contributed by atoms with Crippen LogP contribution in [0, 0.1) is 6.92 Å². The Bertz CT molecular complexity index is 1400. The van der Waals surface area contributed by atoms with Gasteiger partial charge in [-0.1, -0.05) is 18.5 Å². The van der Waals surface area contributed by atoms with E-state index < -0.39 is 11.2 Å². The third kappa shape index (κ3) is 4.54. The molecule has 1 aliphatic heterocycles. The second-order valence-electron chi connectivity index (χ2n) is 9.07. The van der Waals surface area contributed by atoms with Crippen molar-refractivity contribution >= 4 is 45.0 Å². The highest BCUT2D eigenvalue weighted by molar-refractivity contribution is 7.20. The fraction of sp³-hybridized carbons (Fsp3) is 0.440. The third-order valence-corrected chi connectivity index (χ3v) is 8.16. The molecule has 0 radical (unpaired) electrons. The van der Waals surface area contributed by atoms with Gasteiger partial charge in [-0.3, -0.25) is 19.0 Å². The summed E-state index contributed by atoms with van der Waals surface area (Å²) in [5.74, 6) is -0.415. The standard InChI is InChI=1S/C25H29ClN4O4S/c1-5-17-8-6-7-13-28(17)19(31)14-29-24-20(15(2)21(35-24)23(33)27(3)4)22(32)30(25(29)34)18-11-9-16(26)10-12-18/h9-12,17H,5-8,13-14H2,1-4H3/t17-/m0/s1. The number of amides is 2. The molecule has 0 saturated carbocycles. The molecule has 35 heavy (non-hydrogen) atoms. The molecule has 186 valence electrons. The normalized spacial score (nSPS) is 16.0. The van der Waals surface area contributed by atoms with Gasteiger partial charge in [0.05, 0.1) is 16.0 Å². The lowest BCUT2D eigenvalue weighted by Crippen LogP contribution is -2.47. The number of hydrogen-bond acceptors (Lipinski definition) is 5. The smallest absolute Gasteiger partial charge is 0.337 e. The van der Waals surface area contributed by atoms with E-state index in [-0.39, 0.29) is 29.8 Å². The van der Waals surface area contributed by atoms with E-state index in [0.29, 0.717) is 32.5 Å². The van der Waals surface area contributed by atoms with Crippen LogP contribution in [0.1, 0.15) is 47.8 Å². The number of halogens is 1. The second-order valence-corrected chi connectivity index (χ2v) is 10.5. The van der Waals surface area contributed by atoms with Crippen LogP contribution in [0.5, 0.6) is 0 Å². The Morgan fingerprint density at radius 2 is 1.83 bits per heavy atom. The number of fused-ring (bicyclic) bond motifs is 1. The number of hydrogen-bond donors (Lipinski definition) is 0. The van der Waals surface area contributed by atoms with E-state index in [4.69, 9.17) is 11.6 Å². The number of piperidine rings is 1. The molecule has 1 aromatic carbocycles. The zero-order valence-corrected chi connectivity index (χ0v) is 21.9. The molecule has 0 bridgehead atoms. The van der Waals surface area contributed by atoms with Gasteiger partial charge in [0.1, 0.15) is 11.4 Å². The van der Waals surface area contributed by atoms with Crippen molar-refractivity contribution in [2.45, 2.75) is 52.1 Å². The van der Waals surface area contributed by atoms with Gasteiger partial charge in [0.15, 0.2) is 0 Å². The van der Waals surface area contributed by atoms with Gasteiger partial charge >= 0.3 is 5.69 Å². The van der Waals surface area contributed by atoms with Crippen LogP contribution in [-0.4, -0.2) is 57.4 Å². The van der Waals surface area contributed by atoms with Crippen LogP contribution < -0.4 is 11.2 Å². The maximum Gasteiger partial charge on any atom is 0.337 e. The van der Waals surface area contributed by atoms with E-state index in [9.17, 15) is 19.2 Å². The lowest BCUT2D eigenvalue weighted by atomic mass is 10.00. The van der Waals surface area contributed by atoms with Gasteiger partial charge in [0.25, 0.3) is 11.5 Å². The molecule has 2 aromatic heterocycles. The third-order valence-electron chi connectivity index (χ3n) is 6.61. The fourth-order valence-corrected chi connectivity index (χ4v) is 6.13. The fourth-order valence-electron chi connectivity index (χ4n) is 4.69. The summed E-state index contributed by atoms with van der Waals surface area (Å²) >= 11 is 7.10. The number of aromatic nitrogens is 2. The van der Waals surface area contributed by atoms with Crippen molar-refractivity contribution in [2.75, 3.05) is 20.6 Å². The van der Waals surface area contributed by atoms with Crippen molar-refractivity contribution in [3.8, 4) is 5.69 Å². The van der Waals surface area contributed by atoms with Crippen LogP contribution >= 0.6 is 22.9 Å². The van der Waals surface area contributed by atoms with E-state index in [1.54, 1.807) is 45.3 Å². The molecular formula is C25H29ClN4O4S. The highest BCUT2D eigenvalue weighted by Gasteiger charge is 2.29. The number of aryl methyl sites for hydroxylation is 1. The first-order valence-electron chi connectivity index (χ1n) is 11.7. The molecule has 0 aliphatic carbocycles. The van der Waals surface area contributed by atoms with Gasteiger partial charge in [0.2, 0.25) is 5.91 Å². The number of thiophene rings is 1. The Morgan fingerprint density at radius 1 is 1.14 bits per heavy atom. The number of carbonyl (C=O) groups is 2. The van der Waals surface area contributed by atoms with Crippen LogP contribution in [0.15, 0.2) is 33.9 Å². The number of likely N-dealkylation sites (tertiary alicyclic amines) is 1. The van der Waals surface area contributed by atoms with Crippen molar-refractivity contribution in [3.63, 3.8) is 0 Å². The van der Waals surface area contributed by atoms with Crippen molar-refractivity contribution in [2.24, 2.45) is 0 Å². The molecule has 0 spiro atoms. The summed E-state index contributed by atoms with van der Waals surface area (Å²) in [4.78, 5) is 57.6. The Hall–Kier alpha value is -2.91. The van der Waals surface area contributed by atoms with Gasteiger partial charge < -0.3 is 9.80 Å². The molecule has 0 N–H and O–H groups in total. The zero-order chi connectivity index (χ0) is 25.4. The van der Waals surface area contributed by atoms with Crippen LogP contribution in [0.25, 0.3) is 15.9 Å². The molecule has 1 saturated heterocycles. The van der Waals surface area contributed by atoms with Crippen molar-refractivity contribution in [1.29, 1.82) is 0 Å². The average molecular weight is 517 g/mol. The maximum atomic E-state index is 13.7. The second kappa shape index (κ2) is 9.99. The number of benzene rings is 1. The topological polar surface area (TPSA) is 84.6 Å². The summed E-state index contributed by atoms with van der Waals surface area (Å²) in [5.41, 5.74) is -0.287. The van der Waals surface area contributed by atoms with Gasteiger partial charge in [-0.2, -0.15) is 0 Å². The summed E-state index contributed by atoms with van der Waals surface area (Å²) in [5, 5.41) is 0.743. The van der Waals surface area contributed by atoms with Gasteiger partial charge in [-0.25, -0.2) is 9.36 Å². The molecule has 0 unspecified atom stereocenters. The molecule has 10 heteroatoms. The largest absolute Gasteiger partial charge is 0.344 e. The highest BCUT2D eigenvalue weighted by Crippen LogP contribution is 2.29. The monoisotopic (exact) mass is 516 g/mol. The zero-order valence-electron chi connectivity index (χ0n) is 20.3. The predicted octanol–water partition coefficient (Wildman–Crippen LogP) is 3.67. The van der Waals surface area contributed by atoms with Gasteiger partial charge in [0, 0.05) is 31.7 Å². The average Bonchev–Trinajstić information content (AvgIpc) is 3.19. The minimum absolute atomic E-state index is 0.139. The molecule has 3 aromatic rings. The van der Waals surface area contributed by atoms with Crippen molar-refractivity contribution in [3.05, 3.63) is 60.6 Å². The van der Waals surface area contributed by atoms with Gasteiger partial charge in [-0.15, -0.1) is 11.3 Å². The first-order valence-corrected chi connectivity index (χ1v) is 12.9. The summed E-state index contributed by atoms with van der Waals surface area (Å²) < 4.78 is 2.40. The molecule has 8 nitrogen and oxygen atoms in total. The van der Waals surface area contributed by atoms with E-state index >= 15 is 0 Å². The van der Waals surface area contributed by atoms with Gasteiger partial charge in [-0.05, 0) is 62.4 Å². The van der Waals surface area contributed by atoms with Crippen LogP contribution in [-0.2, 0) is 11.3 Å². The minimum atomic E-state index is -0.617. The summed E-state index contributed by atoms with van der Waals surface area (Å²) in [6.07, 6.45) is 3.79. The Kier molecular flexibility index (Phi) is 7.19. The van der Waals surface area contributed by atoms with Crippen LogP contribution in [0.2, 0.25) is 5.02 Å². The molecule has 1 atom stereocenters. The molecular weight excluding hydrogens is 488 g/mol. The minimum Gasteiger partial charge on any atom is -0.344 e. The molecule has 1 aliphatic rings. The molecule has 1 fully saturated rings. The van der Waals surface area contributed by atoms with Crippen molar-refractivity contribution in [1.82, 2.24) is 18.9 Å². The Balaban J connectivity index is 1.95. The summed E-state index contributed by atoms with van der Waals surface area (Å²) in [6, 6.07) is 6.52. The Morgan fingerprint density at radius 3 is 2.46 bits per heavy atom. The number of carbonyl (C=O) groups excluding carboxylic acids is 2. The SMILES string of the molecule is CC[C@H]1CCCCN1C(=O)Cn1c(=O)n(-c2ccc(Cl)cc2)c(=O)c2c(C)c(C(=O)N(C)C)sc21. The lowest BCUT2D eigenvalue weighted by molar-refractivity contribution is -0.135. The van der Waals surface area contributed by atoms with Crippen molar-refractivity contribution < 1.29 is 9.59 Å². The van der Waals surface area contributed by atoms with E-state index in [0.717, 1.165) is 41.6 Å². The first-order chi connectivity index (χ1) is 16.6. The van der Waals surface area contributed by atoms with E-state index in [1.165, 1.54) is 9.47 Å². The van der Waals surface area contributed by atoms with Crippen LogP contribution in [0.4, 0.5) is 0 Å². The van der Waals surface area contributed by atoms with E-state index in [2.05, 4.69) is 6.92 Å². The molecule has 4 rings (SSSR count). The predicted molar refractivity (Wildman–Crippen MR) is 139 cm³/mol. The maximum absolute atomic E-state index is 13.7. The highest BCUT2D eigenvalue weighted by atomic mass is 35.5. The number of rotatable bonds is 5. The molecule has 2 amide bonds. The first kappa shape index (κ1) is 25.2. The molecule has 3 heterocycles. The van der Waals surface area contributed by atoms with E-state index in [1.807, 2.05) is 4.90 Å². The van der Waals surface area contributed by atoms with Crippen LogP contribution in [0.3, 0.4) is 0 Å². The quantitative estimate of drug-likeness (QED) is 0.518. The lowest BCUT2D eigenvalue weighted by Gasteiger charge is -2.35. The Labute approximate surface area is 212 Å². The number of nitrogens with zero attached hydrogens (tertiary/aromatic N) is 4. The summed E-state index contributed by atoms with van der Waals surface area (Å²) in [6.45, 7) is 4.22.